The molecule has 1 N–H and O–H groups in total. The largest absolute Gasteiger partial charge is 0.375 e. The second-order valence-electron chi connectivity index (χ2n) is 6.21. The molecule has 0 amide bonds. The summed E-state index contributed by atoms with van der Waals surface area (Å²) in [6.45, 7) is 9.51. The van der Waals surface area contributed by atoms with E-state index >= 15 is 0 Å². The van der Waals surface area contributed by atoms with Gasteiger partial charge in [-0.3, -0.25) is 0 Å². The zero-order valence-electron chi connectivity index (χ0n) is 13.4. The van der Waals surface area contributed by atoms with Crippen molar-refractivity contribution in [1.29, 1.82) is 0 Å². The third-order valence-corrected chi connectivity index (χ3v) is 4.77. The molecular formula is C16H27F2NOS. The van der Waals surface area contributed by atoms with Crippen LogP contribution < -0.4 is 5.32 Å². The third-order valence-electron chi connectivity index (χ3n) is 3.14. The molecule has 2 nitrogen and oxygen atoms in total. The summed E-state index contributed by atoms with van der Waals surface area (Å²) in [5, 5.41) is 3.48. The summed E-state index contributed by atoms with van der Waals surface area (Å²) < 4.78 is 29.2. The van der Waals surface area contributed by atoms with E-state index in [1.54, 1.807) is 11.3 Å². The van der Waals surface area contributed by atoms with Gasteiger partial charge in [-0.05, 0) is 36.9 Å². The lowest BCUT2D eigenvalue weighted by Gasteiger charge is -2.18. The van der Waals surface area contributed by atoms with Gasteiger partial charge in [0.15, 0.2) is 0 Å². The van der Waals surface area contributed by atoms with Crippen molar-refractivity contribution >= 4 is 11.3 Å². The van der Waals surface area contributed by atoms with E-state index in [1.807, 2.05) is 0 Å². The quantitative estimate of drug-likeness (QED) is 0.663. The van der Waals surface area contributed by atoms with Crippen LogP contribution in [-0.4, -0.2) is 26.2 Å². The summed E-state index contributed by atoms with van der Waals surface area (Å²) in [4.78, 5) is 2.60. The smallest absolute Gasteiger partial charge is 0.261 e. The van der Waals surface area contributed by atoms with Crippen LogP contribution in [0.4, 0.5) is 8.78 Å². The van der Waals surface area contributed by atoms with E-state index in [1.165, 1.54) is 9.75 Å². The van der Waals surface area contributed by atoms with Crippen molar-refractivity contribution in [2.24, 2.45) is 0 Å². The third kappa shape index (κ3) is 6.85. The Hall–Kier alpha value is -0.520. The van der Waals surface area contributed by atoms with E-state index in [9.17, 15) is 8.78 Å². The van der Waals surface area contributed by atoms with Crippen molar-refractivity contribution in [2.45, 2.75) is 58.4 Å². The number of alkyl halides is 2. The van der Waals surface area contributed by atoms with Crippen molar-refractivity contribution in [2.75, 3.05) is 19.8 Å². The van der Waals surface area contributed by atoms with Gasteiger partial charge in [-0.2, -0.15) is 0 Å². The molecule has 1 unspecified atom stereocenters. The van der Waals surface area contributed by atoms with Gasteiger partial charge in [0.1, 0.15) is 6.61 Å². The monoisotopic (exact) mass is 319 g/mol. The van der Waals surface area contributed by atoms with Crippen molar-refractivity contribution in [1.82, 2.24) is 5.32 Å². The first kappa shape index (κ1) is 18.5. The Labute approximate surface area is 130 Å². The average molecular weight is 319 g/mol. The molecule has 122 valence electrons. The molecule has 0 fully saturated rings. The first-order chi connectivity index (χ1) is 9.84. The number of halogens is 2. The molecule has 0 saturated heterocycles. The Morgan fingerprint density at radius 3 is 2.52 bits per heavy atom. The first-order valence-electron chi connectivity index (χ1n) is 7.54. The number of nitrogens with one attached hydrogen (secondary N) is 1. The van der Waals surface area contributed by atoms with Crippen LogP contribution in [0.2, 0.25) is 0 Å². The Morgan fingerprint density at radius 2 is 2.00 bits per heavy atom. The molecule has 1 atom stereocenters. The van der Waals surface area contributed by atoms with E-state index < -0.39 is 13.0 Å². The summed E-state index contributed by atoms with van der Waals surface area (Å²) in [5.41, 5.74) is 0.143. The van der Waals surface area contributed by atoms with Crippen LogP contribution in [0, 0.1) is 0 Å². The van der Waals surface area contributed by atoms with Gasteiger partial charge in [0.25, 0.3) is 6.43 Å². The molecule has 0 saturated carbocycles. The van der Waals surface area contributed by atoms with E-state index in [2.05, 4.69) is 45.1 Å². The predicted molar refractivity (Wildman–Crippen MR) is 85.5 cm³/mol. The number of hydrogen-bond acceptors (Lipinski definition) is 3. The van der Waals surface area contributed by atoms with Crippen molar-refractivity contribution in [3.63, 3.8) is 0 Å². The molecule has 0 spiro atoms. The first-order valence-corrected chi connectivity index (χ1v) is 8.35. The molecule has 0 bridgehead atoms. The molecule has 0 aliphatic heterocycles. The second-order valence-corrected chi connectivity index (χ2v) is 7.33. The molecule has 0 radical (unpaired) electrons. The molecule has 0 aromatic carbocycles. The van der Waals surface area contributed by atoms with Gasteiger partial charge in [-0.25, -0.2) is 8.78 Å². The van der Waals surface area contributed by atoms with Crippen LogP contribution >= 0.6 is 11.3 Å². The van der Waals surface area contributed by atoms with E-state index in [0.29, 0.717) is 6.61 Å². The molecule has 5 heteroatoms. The van der Waals surface area contributed by atoms with Crippen LogP contribution in [0.3, 0.4) is 0 Å². The highest BCUT2D eigenvalue weighted by Gasteiger charge is 2.19. The van der Waals surface area contributed by atoms with Gasteiger partial charge in [0, 0.05) is 22.4 Å². The maximum atomic E-state index is 12.1. The van der Waals surface area contributed by atoms with E-state index in [4.69, 9.17) is 4.74 Å². The molecular weight excluding hydrogens is 292 g/mol. The van der Waals surface area contributed by atoms with Crippen molar-refractivity contribution in [3.05, 3.63) is 21.9 Å². The molecule has 0 aliphatic carbocycles. The Bertz CT molecular complexity index is 401. The summed E-state index contributed by atoms with van der Waals surface area (Å²) >= 11 is 1.80. The Balaban J connectivity index is 2.61. The average Bonchev–Trinajstić information content (AvgIpc) is 2.87. The molecule has 1 heterocycles. The van der Waals surface area contributed by atoms with Gasteiger partial charge in [-0.15, -0.1) is 11.3 Å². The standard InChI is InChI=1S/C16H27F2NOS/c1-5-9-19-12(8-10-20-11-15(17)18)13-6-7-14(21-13)16(2,3)4/h6-7,12,15,19H,5,8-11H2,1-4H3. The zero-order valence-corrected chi connectivity index (χ0v) is 14.2. The highest BCUT2D eigenvalue weighted by molar-refractivity contribution is 7.12. The van der Waals surface area contributed by atoms with Crippen LogP contribution in [0.5, 0.6) is 0 Å². The number of rotatable bonds is 9. The predicted octanol–water partition coefficient (Wildman–Crippen LogP) is 4.76. The van der Waals surface area contributed by atoms with Crippen molar-refractivity contribution in [3.8, 4) is 0 Å². The van der Waals surface area contributed by atoms with E-state index in [-0.39, 0.29) is 11.5 Å². The Morgan fingerprint density at radius 1 is 1.29 bits per heavy atom. The highest BCUT2D eigenvalue weighted by atomic mass is 32.1. The van der Waals surface area contributed by atoms with Crippen LogP contribution in [0.15, 0.2) is 12.1 Å². The number of hydrogen-bond donors (Lipinski definition) is 1. The fourth-order valence-corrected chi connectivity index (χ4v) is 3.16. The van der Waals surface area contributed by atoms with E-state index in [0.717, 1.165) is 19.4 Å². The molecule has 1 rings (SSSR count). The minimum absolute atomic E-state index is 0.143. The van der Waals surface area contributed by atoms with Gasteiger partial charge < -0.3 is 10.1 Å². The summed E-state index contributed by atoms with van der Waals surface area (Å²) in [5.74, 6) is 0. The molecule has 21 heavy (non-hydrogen) atoms. The molecule has 1 aromatic heterocycles. The maximum absolute atomic E-state index is 12.1. The Kier molecular flexibility index (Phi) is 7.77. The zero-order chi connectivity index (χ0) is 15.9. The van der Waals surface area contributed by atoms with Gasteiger partial charge in [0.05, 0.1) is 0 Å². The van der Waals surface area contributed by atoms with Crippen LogP contribution in [-0.2, 0) is 10.2 Å². The fraction of sp³-hybridized carbons (Fsp3) is 0.750. The normalized spacial score (nSPS) is 13.9. The molecule has 1 aromatic rings. The maximum Gasteiger partial charge on any atom is 0.261 e. The SMILES string of the molecule is CCCNC(CCOCC(F)F)c1ccc(C(C)(C)C)s1. The lowest BCUT2D eigenvalue weighted by atomic mass is 9.95. The van der Waals surface area contributed by atoms with Gasteiger partial charge in [-0.1, -0.05) is 27.7 Å². The highest BCUT2D eigenvalue weighted by Crippen LogP contribution is 2.33. The van der Waals surface area contributed by atoms with Crippen LogP contribution in [0.1, 0.15) is 56.3 Å². The lowest BCUT2D eigenvalue weighted by molar-refractivity contribution is 0.0144. The van der Waals surface area contributed by atoms with Crippen LogP contribution in [0.25, 0.3) is 0 Å². The fourth-order valence-electron chi connectivity index (χ4n) is 1.98. The topological polar surface area (TPSA) is 21.3 Å². The minimum Gasteiger partial charge on any atom is -0.375 e. The minimum atomic E-state index is -2.39. The summed E-state index contributed by atoms with van der Waals surface area (Å²) in [7, 11) is 0. The lowest BCUT2D eigenvalue weighted by Crippen LogP contribution is -2.23. The van der Waals surface area contributed by atoms with Gasteiger partial charge in [0.2, 0.25) is 0 Å². The van der Waals surface area contributed by atoms with Gasteiger partial charge >= 0.3 is 0 Å². The number of thiophene rings is 1. The summed E-state index contributed by atoms with van der Waals surface area (Å²) in [6, 6.07) is 4.50. The van der Waals surface area contributed by atoms with Crippen molar-refractivity contribution < 1.29 is 13.5 Å². The summed E-state index contributed by atoms with van der Waals surface area (Å²) in [6.07, 6.45) is -0.621. The second kappa shape index (κ2) is 8.81. The molecule has 0 aliphatic rings. The number of ether oxygens (including phenoxy) is 1.